The Kier molecular flexibility index (Phi) is 55.5. The summed E-state index contributed by atoms with van der Waals surface area (Å²) in [6.45, 7) is 4.93. The summed E-state index contributed by atoms with van der Waals surface area (Å²) in [4.78, 5) is 24.6. The van der Waals surface area contributed by atoms with Crippen molar-refractivity contribution in [2.75, 3.05) is 13.2 Å². The van der Waals surface area contributed by atoms with Crippen LogP contribution in [-0.4, -0.2) is 47.4 Å². The molecule has 0 aliphatic heterocycles. The van der Waals surface area contributed by atoms with E-state index in [-0.39, 0.29) is 18.5 Å². The highest BCUT2D eigenvalue weighted by Crippen LogP contribution is 2.18. The predicted molar refractivity (Wildman–Crippen MR) is 287 cm³/mol. The fourth-order valence-corrected chi connectivity index (χ4v) is 9.76. The second kappa shape index (κ2) is 56.4. The zero-order valence-electron chi connectivity index (χ0n) is 45.0. The summed E-state index contributed by atoms with van der Waals surface area (Å²) >= 11 is 0. The fraction of sp³-hybridized carbons (Fsp3) is 0.967. The molecule has 0 bridgehead atoms. The number of hydrogen-bond acceptors (Lipinski definition) is 5. The number of rotatable bonds is 57. The Morgan fingerprint density at radius 1 is 0.364 bits per heavy atom. The third-order valence-corrected chi connectivity index (χ3v) is 14.4. The summed E-state index contributed by atoms with van der Waals surface area (Å²) in [6, 6.07) is -0.561. The molecule has 3 N–H and O–H groups in total. The van der Waals surface area contributed by atoms with Gasteiger partial charge in [-0.05, 0) is 25.7 Å². The molecule has 394 valence electrons. The zero-order chi connectivity index (χ0) is 47.9. The molecule has 0 spiro atoms. The molecule has 66 heavy (non-hydrogen) atoms. The molecule has 0 fully saturated rings. The first-order chi connectivity index (χ1) is 32.5. The number of esters is 1. The topological polar surface area (TPSA) is 95.9 Å². The number of carbonyl (C=O) groups is 2. The van der Waals surface area contributed by atoms with Crippen LogP contribution < -0.4 is 5.32 Å². The Bertz CT molecular complexity index is 944. The second-order valence-electron chi connectivity index (χ2n) is 21.1. The van der Waals surface area contributed by atoms with Crippen LogP contribution in [0.5, 0.6) is 0 Å². The lowest BCUT2D eigenvalue weighted by Gasteiger charge is -2.22. The SMILES string of the molecule is CCCCCCCCCCCCCCCCCCCCCCCCCCCC(O)C(CO)NC(=O)CCCCCCCCCCCOC(=O)CCCCCCCCCCCCCCCCC. The van der Waals surface area contributed by atoms with Crippen LogP contribution in [0.25, 0.3) is 0 Å². The molecule has 0 heterocycles. The van der Waals surface area contributed by atoms with Crippen molar-refractivity contribution in [2.45, 2.75) is 360 Å². The second-order valence-corrected chi connectivity index (χ2v) is 21.1. The van der Waals surface area contributed by atoms with Crippen LogP contribution in [0.4, 0.5) is 0 Å². The molecule has 0 aromatic rings. The maximum atomic E-state index is 12.5. The summed E-state index contributed by atoms with van der Waals surface area (Å²) in [5.74, 6) is -0.0772. The van der Waals surface area contributed by atoms with Gasteiger partial charge in [0.1, 0.15) is 0 Å². The maximum absolute atomic E-state index is 12.5. The van der Waals surface area contributed by atoms with E-state index in [9.17, 15) is 19.8 Å². The molecule has 6 heteroatoms. The summed E-state index contributed by atoms with van der Waals surface area (Å²) in [5, 5.41) is 23.4. The van der Waals surface area contributed by atoms with E-state index in [4.69, 9.17) is 4.74 Å². The van der Waals surface area contributed by atoms with E-state index in [1.165, 1.54) is 257 Å². The first-order valence-electron chi connectivity index (χ1n) is 30.3. The van der Waals surface area contributed by atoms with Crippen LogP contribution in [0.2, 0.25) is 0 Å². The summed E-state index contributed by atoms with van der Waals surface area (Å²) in [5.41, 5.74) is 0. The van der Waals surface area contributed by atoms with Gasteiger partial charge in [0, 0.05) is 12.8 Å². The number of hydrogen-bond donors (Lipinski definition) is 3. The molecule has 0 aromatic carbocycles. The number of aliphatic hydroxyl groups is 2. The van der Waals surface area contributed by atoms with Crippen molar-refractivity contribution in [3.63, 3.8) is 0 Å². The summed E-state index contributed by atoms with van der Waals surface area (Å²) in [6.07, 6.45) is 65.3. The molecule has 0 radical (unpaired) electrons. The molecule has 0 saturated carbocycles. The molecule has 0 aromatic heterocycles. The predicted octanol–water partition coefficient (Wildman–Crippen LogP) is 18.7. The largest absolute Gasteiger partial charge is 0.466 e. The van der Waals surface area contributed by atoms with Gasteiger partial charge in [-0.1, -0.05) is 309 Å². The number of nitrogens with one attached hydrogen (secondary N) is 1. The van der Waals surface area contributed by atoms with Crippen LogP contribution in [0.1, 0.15) is 348 Å². The Labute approximate surface area is 413 Å². The summed E-state index contributed by atoms with van der Waals surface area (Å²) < 4.78 is 5.47. The van der Waals surface area contributed by atoms with Crippen LogP contribution in [-0.2, 0) is 14.3 Å². The Morgan fingerprint density at radius 3 is 0.924 bits per heavy atom. The Morgan fingerprint density at radius 2 is 0.621 bits per heavy atom. The van der Waals surface area contributed by atoms with E-state index < -0.39 is 12.1 Å². The van der Waals surface area contributed by atoms with Crippen LogP contribution >= 0.6 is 0 Å². The van der Waals surface area contributed by atoms with Gasteiger partial charge in [0.15, 0.2) is 0 Å². The Hall–Kier alpha value is -1.14. The molecule has 0 aliphatic carbocycles. The lowest BCUT2D eigenvalue weighted by atomic mass is 10.0. The van der Waals surface area contributed by atoms with E-state index in [1.54, 1.807) is 0 Å². The third kappa shape index (κ3) is 52.2. The quantitative estimate of drug-likeness (QED) is 0.0417. The Balaban J connectivity index is 3.44. The van der Waals surface area contributed by atoms with Crippen molar-refractivity contribution < 1.29 is 24.5 Å². The molecule has 0 aliphatic rings. The van der Waals surface area contributed by atoms with Gasteiger partial charge in [0.05, 0.1) is 25.4 Å². The lowest BCUT2D eigenvalue weighted by Crippen LogP contribution is -2.45. The number of carbonyl (C=O) groups excluding carboxylic acids is 2. The molecule has 6 nitrogen and oxygen atoms in total. The van der Waals surface area contributed by atoms with E-state index >= 15 is 0 Å². The standard InChI is InChI=1S/C60H119NO5/c1-3-5-7-9-11-13-15-17-19-20-21-22-23-24-25-26-27-28-30-31-33-36-40-44-48-52-58(63)57(56-62)61-59(64)53-49-45-41-37-35-39-43-47-51-55-66-60(65)54-50-46-42-38-34-32-29-18-16-14-12-10-8-6-4-2/h57-58,62-63H,3-56H2,1-2H3,(H,61,64). The van der Waals surface area contributed by atoms with E-state index in [0.717, 1.165) is 57.8 Å². The van der Waals surface area contributed by atoms with Crippen LogP contribution in [0, 0.1) is 0 Å². The van der Waals surface area contributed by atoms with Gasteiger partial charge in [-0.25, -0.2) is 0 Å². The number of ether oxygens (including phenoxy) is 1. The van der Waals surface area contributed by atoms with Gasteiger partial charge < -0.3 is 20.3 Å². The minimum atomic E-state index is -0.681. The third-order valence-electron chi connectivity index (χ3n) is 14.4. The fourth-order valence-electron chi connectivity index (χ4n) is 9.76. The highest BCUT2D eigenvalue weighted by Gasteiger charge is 2.20. The normalized spacial score (nSPS) is 12.5. The molecular weight excluding hydrogens is 815 g/mol. The van der Waals surface area contributed by atoms with Crippen molar-refractivity contribution in [3.8, 4) is 0 Å². The number of amides is 1. The molecule has 1 amide bonds. The minimum absolute atomic E-state index is 0.0202. The average molecular weight is 935 g/mol. The monoisotopic (exact) mass is 934 g/mol. The lowest BCUT2D eigenvalue weighted by molar-refractivity contribution is -0.143. The van der Waals surface area contributed by atoms with Crippen LogP contribution in [0.15, 0.2) is 0 Å². The molecule has 2 unspecified atom stereocenters. The maximum Gasteiger partial charge on any atom is 0.305 e. The minimum Gasteiger partial charge on any atom is -0.466 e. The van der Waals surface area contributed by atoms with E-state index in [2.05, 4.69) is 19.2 Å². The first kappa shape index (κ1) is 64.9. The number of aliphatic hydroxyl groups excluding tert-OH is 2. The first-order valence-corrected chi connectivity index (χ1v) is 30.3. The van der Waals surface area contributed by atoms with Crippen LogP contribution in [0.3, 0.4) is 0 Å². The molecular formula is C60H119NO5. The molecule has 2 atom stereocenters. The molecule has 0 saturated heterocycles. The smallest absolute Gasteiger partial charge is 0.305 e. The molecule has 0 rings (SSSR count). The van der Waals surface area contributed by atoms with Crippen molar-refractivity contribution in [1.82, 2.24) is 5.32 Å². The van der Waals surface area contributed by atoms with Gasteiger partial charge in [-0.3, -0.25) is 9.59 Å². The van der Waals surface area contributed by atoms with E-state index in [0.29, 0.717) is 25.9 Å². The highest BCUT2D eigenvalue weighted by atomic mass is 16.5. The number of unbranched alkanes of at least 4 members (excludes halogenated alkanes) is 46. The highest BCUT2D eigenvalue weighted by molar-refractivity contribution is 5.76. The van der Waals surface area contributed by atoms with Gasteiger partial charge >= 0.3 is 5.97 Å². The van der Waals surface area contributed by atoms with Crippen molar-refractivity contribution in [1.29, 1.82) is 0 Å². The van der Waals surface area contributed by atoms with Crippen molar-refractivity contribution in [2.24, 2.45) is 0 Å². The van der Waals surface area contributed by atoms with Gasteiger partial charge in [0.2, 0.25) is 5.91 Å². The average Bonchev–Trinajstić information content (AvgIpc) is 3.32. The zero-order valence-corrected chi connectivity index (χ0v) is 45.0. The van der Waals surface area contributed by atoms with Crippen molar-refractivity contribution >= 4 is 11.9 Å². The van der Waals surface area contributed by atoms with Gasteiger partial charge in [0.25, 0.3) is 0 Å². The van der Waals surface area contributed by atoms with E-state index in [1.807, 2.05) is 0 Å². The van der Waals surface area contributed by atoms with Gasteiger partial charge in [-0.15, -0.1) is 0 Å². The van der Waals surface area contributed by atoms with Gasteiger partial charge in [-0.2, -0.15) is 0 Å². The van der Waals surface area contributed by atoms with Crippen molar-refractivity contribution in [3.05, 3.63) is 0 Å². The summed E-state index contributed by atoms with van der Waals surface area (Å²) in [7, 11) is 0.